The van der Waals surface area contributed by atoms with E-state index in [-0.39, 0.29) is 25.1 Å². The van der Waals surface area contributed by atoms with Gasteiger partial charge in [0, 0.05) is 32.2 Å². The van der Waals surface area contributed by atoms with Gasteiger partial charge in [0.15, 0.2) is 0 Å². The van der Waals surface area contributed by atoms with Crippen molar-refractivity contribution >= 4 is 57.6 Å². The molecule has 0 unspecified atom stereocenters. The monoisotopic (exact) mass is 526 g/mol. The fraction of sp³-hybridized carbons (Fsp3) is 0.538. The van der Waals surface area contributed by atoms with Crippen molar-refractivity contribution in [2.24, 2.45) is 0 Å². The predicted octanol–water partition coefficient (Wildman–Crippen LogP) is 3.33. The van der Waals surface area contributed by atoms with Gasteiger partial charge >= 0.3 is 0 Å². The minimum absolute atomic E-state index is 0. The lowest BCUT2D eigenvalue weighted by molar-refractivity contribution is 0.157. The van der Waals surface area contributed by atoms with Crippen LogP contribution in [0, 0.1) is 7.14 Å². The Balaban J connectivity index is 0.00000200. The molecular formula is C13H18ClFI2N2O. The van der Waals surface area contributed by atoms with Gasteiger partial charge in [-0.3, -0.25) is 9.29 Å². The van der Waals surface area contributed by atoms with Crippen LogP contribution in [0.4, 0.5) is 4.39 Å². The summed E-state index contributed by atoms with van der Waals surface area (Å²) < 4.78 is 14.5. The van der Waals surface area contributed by atoms with E-state index in [9.17, 15) is 9.50 Å². The van der Waals surface area contributed by atoms with Gasteiger partial charge in [-0.15, -0.1) is 12.4 Å². The van der Waals surface area contributed by atoms with Crippen LogP contribution in [-0.4, -0.2) is 42.9 Å². The predicted molar refractivity (Wildman–Crippen MR) is 98.6 cm³/mol. The average Bonchev–Trinajstić information content (AvgIpc) is 2.42. The molecule has 0 bridgehead atoms. The van der Waals surface area contributed by atoms with Gasteiger partial charge in [-0.05, 0) is 69.3 Å². The molecule has 3 nitrogen and oxygen atoms in total. The Labute approximate surface area is 152 Å². The van der Waals surface area contributed by atoms with Crippen LogP contribution in [0.15, 0.2) is 12.1 Å². The molecule has 0 aliphatic carbocycles. The first kappa shape index (κ1) is 18.7. The number of nitrogens with zero attached hydrogens (tertiary/aromatic N) is 1. The zero-order valence-electron chi connectivity index (χ0n) is 10.9. The van der Waals surface area contributed by atoms with Crippen LogP contribution >= 0.6 is 57.6 Å². The van der Waals surface area contributed by atoms with Crippen molar-refractivity contribution in [3.8, 4) is 5.75 Å². The normalized spacial score (nSPS) is 17.6. The molecule has 0 saturated carbocycles. The number of rotatable bonds is 4. The Hall–Kier alpha value is 0.620. The number of piperazine rings is 1. The van der Waals surface area contributed by atoms with Gasteiger partial charge in [0.25, 0.3) is 0 Å². The average molecular weight is 527 g/mol. The second-order valence-electron chi connectivity index (χ2n) is 4.61. The van der Waals surface area contributed by atoms with Gasteiger partial charge in [0.2, 0.25) is 0 Å². The van der Waals surface area contributed by atoms with Crippen molar-refractivity contribution in [1.29, 1.82) is 0 Å². The molecule has 2 N–H and O–H groups in total. The van der Waals surface area contributed by atoms with E-state index in [1.807, 2.05) is 12.1 Å². The molecule has 1 aromatic carbocycles. The van der Waals surface area contributed by atoms with Crippen molar-refractivity contribution < 1.29 is 9.50 Å². The molecule has 1 aromatic rings. The number of benzene rings is 1. The molecule has 20 heavy (non-hydrogen) atoms. The topological polar surface area (TPSA) is 35.5 Å². The van der Waals surface area contributed by atoms with E-state index in [1.165, 1.54) is 0 Å². The highest BCUT2D eigenvalue weighted by Crippen LogP contribution is 2.33. The number of phenolic OH excluding ortho intramolecular Hbond substituents is 1. The van der Waals surface area contributed by atoms with Crippen molar-refractivity contribution in [3.63, 3.8) is 0 Å². The van der Waals surface area contributed by atoms with E-state index >= 15 is 0 Å². The third-order valence-corrected chi connectivity index (χ3v) is 5.04. The van der Waals surface area contributed by atoms with Crippen molar-refractivity contribution in [1.82, 2.24) is 10.2 Å². The van der Waals surface area contributed by atoms with Crippen LogP contribution in [0.25, 0.3) is 0 Å². The summed E-state index contributed by atoms with van der Waals surface area (Å²) in [6, 6.07) is 4.05. The summed E-state index contributed by atoms with van der Waals surface area (Å²) >= 11 is 4.26. The Kier molecular flexibility index (Phi) is 8.32. The summed E-state index contributed by atoms with van der Waals surface area (Å²) in [6.45, 7) is 3.48. The molecule has 0 spiro atoms. The number of hydrogen-bond donors (Lipinski definition) is 2. The molecule has 1 aliphatic rings. The minimum atomic E-state index is -0.317. The van der Waals surface area contributed by atoms with Crippen molar-refractivity contribution in [3.05, 3.63) is 24.8 Å². The Bertz CT molecular complexity index is 421. The number of nitrogens with one attached hydrogen (secondary N) is 1. The molecule has 0 aromatic heterocycles. The minimum Gasteiger partial charge on any atom is -0.506 e. The Morgan fingerprint density at radius 2 is 1.80 bits per heavy atom. The summed E-state index contributed by atoms with van der Waals surface area (Å²) in [5, 5.41) is 13.2. The Morgan fingerprint density at radius 1 is 1.25 bits per heavy atom. The lowest BCUT2D eigenvalue weighted by Gasteiger charge is -2.35. The first-order valence-electron chi connectivity index (χ1n) is 6.32. The molecule has 1 heterocycles. The molecule has 2 rings (SSSR count). The molecule has 1 aliphatic heterocycles. The van der Waals surface area contributed by atoms with Gasteiger partial charge in [0.05, 0.1) is 13.8 Å². The van der Waals surface area contributed by atoms with E-state index < -0.39 is 0 Å². The second kappa shape index (κ2) is 8.92. The quantitative estimate of drug-likeness (QED) is 0.591. The van der Waals surface area contributed by atoms with Gasteiger partial charge in [-0.25, -0.2) is 0 Å². The SMILES string of the molecule is Cl.Oc1c(I)cc([C@@H](CCF)N2CCNCC2)cc1I. The number of alkyl halides is 1. The molecule has 1 atom stereocenters. The summed E-state index contributed by atoms with van der Waals surface area (Å²) in [5.41, 5.74) is 1.10. The fourth-order valence-electron chi connectivity index (χ4n) is 2.43. The maximum atomic E-state index is 12.9. The molecule has 1 saturated heterocycles. The zero-order chi connectivity index (χ0) is 13.8. The van der Waals surface area contributed by atoms with Gasteiger partial charge in [0.1, 0.15) is 5.75 Å². The largest absolute Gasteiger partial charge is 0.506 e. The number of phenols is 1. The summed E-state index contributed by atoms with van der Waals surface area (Å²) in [5.74, 6) is 0.323. The van der Waals surface area contributed by atoms with Crippen LogP contribution in [0.2, 0.25) is 0 Å². The van der Waals surface area contributed by atoms with E-state index in [2.05, 4.69) is 55.4 Å². The van der Waals surface area contributed by atoms with Crippen LogP contribution in [-0.2, 0) is 0 Å². The maximum absolute atomic E-state index is 12.9. The third kappa shape index (κ3) is 4.56. The number of halogens is 4. The van der Waals surface area contributed by atoms with E-state index in [4.69, 9.17) is 0 Å². The van der Waals surface area contributed by atoms with E-state index in [1.54, 1.807) is 0 Å². The molecule has 0 radical (unpaired) electrons. The molecule has 114 valence electrons. The van der Waals surface area contributed by atoms with Crippen molar-refractivity contribution in [2.75, 3.05) is 32.9 Å². The van der Waals surface area contributed by atoms with Crippen LogP contribution < -0.4 is 5.32 Å². The lowest BCUT2D eigenvalue weighted by Crippen LogP contribution is -2.45. The first-order valence-corrected chi connectivity index (χ1v) is 8.48. The standard InChI is InChI=1S/C13H17FI2N2O.ClH/c14-2-1-12(18-5-3-17-4-6-18)9-7-10(15)13(19)11(16)8-9;/h7-8,12,17,19H,1-6H2;1H/t12-;/m1./s1. The van der Waals surface area contributed by atoms with Gasteiger partial charge in [-0.2, -0.15) is 0 Å². The molecule has 0 amide bonds. The second-order valence-corrected chi connectivity index (χ2v) is 6.94. The zero-order valence-corrected chi connectivity index (χ0v) is 16.0. The van der Waals surface area contributed by atoms with E-state index in [0.717, 1.165) is 38.9 Å². The highest BCUT2D eigenvalue weighted by molar-refractivity contribution is 14.1. The van der Waals surface area contributed by atoms with Crippen LogP contribution in [0.3, 0.4) is 0 Å². The van der Waals surface area contributed by atoms with Gasteiger partial charge in [-0.1, -0.05) is 0 Å². The summed E-state index contributed by atoms with van der Waals surface area (Å²) in [4.78, 5) is 2.33. The molecule has 1 fully saturated rings. The lowest BCUT2D eigenvalue weighted by atomic mass is 10.0. The Morgan fingerprint density at radius 3 is 2.30 bits per heavy atom. The molecule has 7 heteroatoms. The van der Waals surface area contributed by atoms with Crippen molar-refractivity contribution in [2.45, 2.75) is 12.5 Å². The molecular weight excluding hydrogens is 508 g/mol. The van der Waals surface area contributed by atoms with Crippen LogP contribution in [0.5, 0.6) is 5.75 Å². The number of aromatic hydroxyl groups is 1. The van der Waals surface area contributed by atoms with Gasteiger partial charge < -0.3 is 10.4 Å². The number of hydrogen-bond acceptors (Lipinski definition) is 3. The highest BCUT2D eigenvalue weighted by atomic mass is 127. The summed E-state index contributed by atoms with van der Waals surface area (Å²) in [7, 11) is 0. The van der Waals surface area contributed by atoms with Crippen LogP contribution in [0.1, 0.15) is 18.0 Å². The van der Waals surface area contributed by atoms with E-state index in [0.29, 0.717) is 12.2 Å². The summed E-state index contributed by atoms with van der Waals surface area (Å²) in [6.07, 6.45) is 0.511. The smallest absolute Gasteiger partial charge is 0.142 e. The first-order chi connectivity index (χ1) is 9.13. The maximum Gasteiger partial charge on any atom is 0.142 e. The fourth-order valence-corrected chi connectivity index (χ4v) is 4.25. The highest BCUT2D eigenvalue weighted by Gasteiger charge is 2.23. The third-order valence-electron chi connectivity index (χ3n) is 3.40.